The van der Waals surface area contributed by atoms with E-state index in [2.05, 4.69) is 6.58 Å². The first-order valence-electron chi connectivity index (χ1n) is 11.5. The monoisotopic (exact) mass is 504 g/mol. The highest BCUT2D eigenvalue weighted by atomic mass is 28.4. The van der Waals surface area contributed by atoms with Gasteiger partial charge in [0, 0.05) is 7.11 Å². The average molecular weight is 505 g/mol. The zero-order valence-corrected chi connectivity index (χ0v) is 22.3. The normalized spacial score (nSPS) is 24.8. The molecule has 0 amide bonds. The van der Waals surface area contributed by atoms with Crippen LogP contribution in [-0.2, 0) is 25.2 Å². The smallest absolute Gasteiger partial charge is 0.413 e. The van der Waals surface area contributed by atoms with Crippen molar-refractivity contribution in [3.63, 3.8) is 0 Å². The maximum Gasteiger partial charge on any atom is 0.413 e. The van der Waals surface area contributed by atoms with Gasteiger partial charge >= 0.3 is 6.18 Å². The fraction of sp³-hybridized carbons (Fsp3) is 0.680. The van der Waals surface area contributed by atoms with E-state index in [-0.39, 0.29) is 17.9 Å². The molecule has 5 nitrogen and oxygen atoms in total. The predicted molar refractivity (Wildman–Crippen MR) is 129 cm³/mol. The third-order valence-electron chi connectivity index (χ3n) is 6.77. The van der Waals surface area contributed by atoms with Gasteiger partial charge in [0.05, 0.1) is 19.8 Å². The number of rotatable bonds is 11. The van der Waals surface area contributed by atoms with Gasteiger partial charge in [0.15, 0.2) is 8.32 Å². The van der Waals surface area contributed by atoms with Crippen molar-refractivity contribution in [1.82, 2.24) is 0 Å². The molecule has 0 N–H and O–H groups in total. The quantitative estimate of drug-likeness (QED) is 0.262. The summed E-state index contributed by atoms with van der Waals surface area (Å²) < 4.78 is 70.2. The van der Waals surface area contributed by atoms with E-state index in [1.54, 1.807) is 13.2 Å². The highest BCUT2D eigenvalue weighted by Gasteiger charge is 2.49. The third kappa shape index (κ3) is 7.30. The predicted octanol–water partition coefficient (Wildman–Crippen LogP) is 6.28. The Morgan fingerprint density at radius 3 is 2.18 bits per heavy atom. The van der Waals surface area contributed by atoms with E-state index in [4.69, 9.17) is 23.4 Å². The van der Waals surface area contributed by atoms with Crippen molar-refractivity contribution >= 4 is 8.32 Å². The Hall–Kier alpha value is -1.39. The molecule has 1 aliphatic heterocycles. The Bertz CT molecular complexity index is 776. The van der Waals surface area contributed by atoms with E-state index in [1.807, 2.05) is 58.1 Å². The van der Waals surface area contributed by atoms with Crippen LogP contribution in [0.15, 0.2) is 36.9 Å². The molecule has 1 fully saturated rings. The summed E-state index contributed by atoms with van der Waals surface area (Å²) in [5.41, 5.74) is 0.932. The van der Waals surface area contributed by atoms with Crippen LogP contribution >= 0.6 is 0 Å². The standard InChI is InChI=1S/C25H39F3O5Si/c1-9-19-23(31-16-17-10-12-18(29-5)13-11-17)22(30-6)20(32-19)14-15-21(25(26,27)28)33-34(7,8)24(2,3)4/h9-13,19-23H,1,14-16H2,2-8H3/t19-,20+,21?,22-,23-/m0/s1. The number of ether oxygens (including phenoxy) is 4. The summed E-state index contributed by atoms with van der Waals surface area (Å²) in [6, 6.07) is 7.46. The van der Waals surface area contributed by atoms with Gasteiger partial charge in [-0.2, -0.15) is 13.2 Å². The summed E-state index contributed by atoms with van der Waals surface area (Å²) in [5.74, 6) is 0.742. The molecule has 0 radical (unpaired) electrons. The Labute approximate surface area is 202 Å². The molecule has 5 atom stereocenters. The lowest BCUT2D eigenvalue weighted by molar-refractivity contribution is -0.202. The topological polar surface area (TPSA) is 46.2 Å². The molecule has 1 saturated heterocycles. The number of alkyl halides is 3. The van der Waals surface area contributed by atoms with Crippen molar-refractivity contribution in [3.8, 4) is 5.75 Å². The Balaban J connectivity index is 2.07. The van der Waals surface area contributed by atoms with Crippen LogP contribution in [0.25, 0.3) is 0 Å². The lowest BCUT2D eigenvalue weighted by Gasteiger charge is -2.40. The zero-order chi connectivity index (χ0) is 25.7. The first-order valence-corrected chi connectivity index (χ1v) is 14.4. The number of benzene rings is 1. The van der Waals surface area contributed by atoms with Gasteiger partial charge in [-0.1, -0.05) is 39.0 Å². The van der Waals surface area contributed by atoms with Crippen LogP contribution in [0.5, 0.6) is 5.75 Å². The molecule has 1 aliphatic rings. The van der Waals surface area contributed by atoms with Crippen LogP contribution in [-0.4, -0.2) is 59.2 Å². The largest absolute Gasteiger partial charge is 0.497 e. The zero-order valence-electron chi connectivity index (χ0n) is 21.3. The van der Waals surface area contributed by atoms with Crippen molar-refractivity contribution in [2.45, 2.75) is 95.0 Å². The first kappa shape index (κ1) is 28.8. The molecule has 1 unspecified atom stereocenters. The number of hydrogen-bond donors (Lipinski definition) is 0. The Morgan fingerprint density at radius 1 is 1.09 bits per heavy atom. The molecule has 1 aromatic carbocycles. The second-order valence-electron chi connectivity index (χ2n) is 10.2. The van der Waals surface area contributed by atoms with Crippen molar-refractivity contribution in [2.75, 3.05) is 14.2 Å². The average Bonchev–Trinajstić information content (AvgIpc) is 3.10. The lowest BCUT2D eigenvalue weighted by Crippen LogP contribution is -2.48. The fourth-order valence-corrected chi connectivity index (χ4v) is 5.02. The SMILES string of the molecule is C=C[C@@H]1O[C@H](CCC(O[Si](C)(C)C(C)(C)C)C(F)(F)F)[C@H](OC)[C@H]1OCc1ccc(OC)cc1. The van der Waals surface area contributed by atoms with Gasteiger partial charge in [0.2, 0.25) is 0 Å². The molecule has 0 saturated carbocycles. The molecule has 1 aromatic rings. The Kier molecular flexibility index (Phi) is 9.81. The lowest BCUT2D eigenvalue weighted by atomic mass is 10.0. The summed E-state index contributed by atoms with van der Waals surface area (Å²) in [5, 5.41) is -0.330. The summed E-state index contributed by atoms with van der Waals surface area (Å²) in [6.45, 7) is 13.5. The third-order valence-corrected chi connectivity index (χ3v) is 11.3. The summed E-state index contributed by atoms with van der Waals surface area (Å²) in [7, 11) is 0.502. The van der Waals surface area contributed by atoms with Crippen molar-refractivity contribution < 1.29 is 36.5 Å². The molecule has 0 aliphatic carbocycles. The minimum atomic E-state index is -4.46. The maximum absolute atomic E-state index is 13.8. The fourth-order valence-electron chi connectivity index (χ4n) is 3.70. The van der Waals surface area contributed by atoms with Gasteiger partial charge in [-0.05, 0) is 48.7 Å². The van der Waals surface area contributed by atoms with Crippen molar-refractivity contribution in [1.29, 1.82) is 0 Å². The number of methoxy groups -OCH3 is 2. The van der Waals surface area contributed by atoms with Crippen LogP contribution in [0.4, 0.5) is 13.2 Å². The summed E-state index contributed by atoms with van der Waals surface area (Å²) in [4.78, 5) is 0. The molecule has 0 aromatic heterocycles. The van der Waals surface area contributed by atoms with E-state index < -0.39 is 45.0 Å². The van der Waals surface area contributed by atoms with E-state index in [0.29, 0.717) is 6.61 Å². The first-order chi connectivity index (χ1) is 15.7. The Morgan fingerprint density at radius 2 is 1.71 bits per heavy atom. The second-order valence-corrected chi connectivity index (χ2v) is 14.9. The summed E-state index contributed by atoms with van der Waals surface area (Å²) >= 11 is 0. The second kappa shape index (κ2) is 11.6. The minimum Gasteiger partial charge on any atom is -0.497 e. The van der Waals surface area contributed by atoms with Crippen molar-refractivity contribution in [3.05, 3.63) is 42.5 Å². The number of halogens is 3. The molecule has 0 spiro atoms. The molecule has 0 bridgehead atoms. The maximum atomic E-state index is 13.8. The van der Waals surface area contributed by atoms with Crippen LogP contribution in [0.1, 0.15) is 39.2 Å². The highest BCUT2D eigenvalue weighted by Crippen LogP contribution is 2.41. The van der Waals surface area contributed by atoms with Gasteiger partial charge in [-0.3, -0.25) is 0 Å². The van der Waals surface area contributed by atoms with Crippen LogP contribution in [0.3, 0.4) is 0 Å². The molecule has 1 heterocycles. The van der Waals surface area contributed by atoms with Crippen LogP contribution in [0, 0.1) is 0 Å². The van der Waals surface area contributed by atoms with Crippen LogP contribution in [0.2, 0.25) is 18.1 Å². The van der Waals surface area contributed by atoms with Crippen LogP contribution < -0.4 is 4.74 Å². The molecular weight excluding hydrogens is 465 g/mol. The van der Waals surface area contributed by atoms with Gasteiger partial charge in [-0.25, -0.2) is 0 Å². The van der Waals surface area contributed by atoms with E-state index >= 15 is 0 Å². The van der Waals surface area contributed by atoms with E-state index in [1.165, 1.54) is 7.11 Å². The minimum absolute atomic E-state index is 0.129. The highest BCUT2D eigenvalue weighted by molar-refractivity contribution is 6.74. The van der Waals surface area contributed by atoms with Crippen molar-refractivity contribution in [2.24, 2.45) is 0 Å². The van der Waals surface area contributed by atoms with E-state index in [0.717, 1.165) is 11.3 Å². The van der Waals surface area contributed by atoms with Gasteiger partial charge in [0.1, 0.15) is 30.2 Å². The molecular formula is C25H39F3O5Si. The molecule has 194 valence electrons. The molecule has 34 heavy (non-hydrogen) atoms. The molecule has 9 heteroatoms. The van der Waals surface area contributed by atoms with E-state index in [9.17, 15) is 13.2 Å². The van der Waals surface area contributed by atoms with Gasteiger partial charge in [-0.15, -0.1) is 6.58 Å². The van der Waals surface area contributed by atoms with Gasteiger partial charge in [0.25, 0.3) is 0 Å². The molecule has 2 rings (SSSR count). The number of hydrogen-bond acceptors (Lipinski definition) is 5. The summed E-state index contributed by atoms with van der Waals surface area (Å²) in [6.07, 6.45) is -6.85. The van der Waals surface area contributed by atoms with Gasteiger partial charge < -0.3 is 23.4 Å².